The number of aromatic nitrogens is 1. The zero-order valence-corrected chi connectivity index (χ0v) is 17.7. The summed E-state index contributed by atoms with van der Waals surface area (Å²) in [6, 6.07) is 28.3. The summed E-state index contributed by atoms with van der Waals surface area (Å²) >= 11 is 1.66. The molecule has 150 valence electrons. The lowest BCUT2D eigenvalue weighted by atomic mass is 9.90. The molecule has 1 N–H and O–H groups in total. The van der Waals surface area contributed by atoms with E-state index in [1.165, 1.54) is 5.56 Å². The van der Waals surface area contributed by atoms with E-state index in [9.17, 15) is 4.79 Å². The van der Waals surface area contributed by atoms with Gasteiger partial charge >= 0.3 is 0 Å². The molecule has 0 aliphatic carbocycles. The highest BCUT2D eigenvalue weighted by molar-refractivity contribution is 7.09. The molecule has 3 nitrogen and oxygen atoms in total. The number of hydrogen-bond acceptors (Lipinski definition) is 3. The molecule has 0 aliphatic rings. The lowest BCUT2D eigenvalue weighted by Gasteiger charge is -2.18. The molecule has 4 heteroatoms. The Kier molecular flexibility index (Phi) is 6.35. The Labute approximate surface area is 181 Å². The topological polar surface area (TPSA) is 42.0 Å². The summed E-state index contributed by atoms with van der Waals surface area (Å²) in [5.74, 6) is -0.273. The molecule has 0 spiro atoms. The molecule has 0 radical (unpaired) electrons. The van der Waals surface area contributed by atoms with E-state index in [-0.39, 0.29) is 11.8 Å². The van der Waals surface area contributed by atoms with Crippen molar-refractivity contribution in [1.29, 1.82) is 0 Å². The van der Waals surface area contributed by atoms with E-state index >= 15 is 0 Å². The Morgan fingerprint density at radius 3 is 2.03 bits per heavy atom. The van der Waals surface area contributed by atoms with Crippen LogP contribution in [0.3, 0.4) is 0 Å². The van der Waals surface area contributed by atoms with Crippen LogP contribution >= 0.6 is 11.3 Å². The Hall–Kier alpha value is -3.24. The first-order chi connectivity index (χ1) is 14.7. The van der Waals surface area contributed by atoms with Gasteiger partial charge in [-0.25, -0.2) is 4.98 Å². The van der Waals surface area contributed by atoms with E-state index in [4.69, 9.17) is 0 Å². The second-order valence-corrected chi connectivity index (χ2v) is 8.31. The van der Waals surface area contributed by atoms with Gasteiger partial charge in [0.2, 0.25) is 5.91 Å². The number of nitrogens with one attached hydrogen (secondary N) is 1. The Morgan fingerprint density at radius 2 is 1.50 bits per heavy atom. The molecule has 3 aromatic carbocycles. The zero-order valence-electron chi connectivity index (χ0n) is 16.9. The monoisotopic (exact) mass is 412 g/mol. The maximum atomic E-state index is 13.1. The predicted molar refractivity (Wildman–Crippen MR) is 124 cm³/mol. The fourth-order valence-corrected chi connectivity index (χ4v) is 4.18. The first-order valence-electron chi connectivity index (χ1n) is 10.1. The highest BCUT2D eigenvalue weighted by Crippen LogP contribution is 2.25. The van der Waals surface area contributed by atoms with E-state index < -0.39 is 0 Å². The van der Waals surface area contributed by atoms with Gasteiger partial charge in [-0.1, -0.05) is 84.9 Å². The van der Waals surface area contributed by atoms with Gasteiger partial charge in [-0.3, -0.25) is 4.79 Å². The van der Waals surface area contributed by atoms with Crippen molar-refractivity contribution in [2.24, 2.45) is 0 Å². The van der Waals surface area contributed by atoms with E-state index in [1.54, 1.807) is 11.3 Å². The normalized spacial score (nSPS) is 10.9. The summed E-state index contributed by atoms with van der Waals surface area (Å²) in [7, 11) is 0. The fourth-order valence-electron chi connectivity index (χ4n) is 3.56. The van der Waals surface area contributed by atoms with Gasteiger partial charge in [0.25, 0.3) is 0 Å². The number of amides is 1. The van der Waals surface area contributed by atoms with Crippen LogP contribution in [-0.2, 0) is 11.2 Å². The predicted octanol–water partition coefficient (Wildman–Crippen LogP) is 5.61. The van der Waals surface area contributed by atoms with Crippen molar-refractivity contribution in [3.05, 3.63) is 112 Å². The molecule has 4 rings (SSSR count). The van der Waals surface area contributed by atoms with Crippen LogP contribution in [0.2, 0.25) is 0 Å². The van der Waals surface area contributed by atoms with E-state index in [0.29, 0.717) is 6.54 Å². The molecule has 0 saturated heterocycles. The number of aryl methyl sites for hydroxylation is 1. The van der Waals surface area contributed by atoms with Crippen LogP contribution in [0.4, 0.5) is 0 Å². The fraction of sp³-hybridized carbons (Fsp3) is 0.154. The summed E-state index contributed by atoms with van der Waals surface area (Å²) in [6.45, 7) is 2.62. The first-order valence-corrected chi connectivity index (χ1v) is 11.0. The molecule has 0 saturated carbocycles. The van der Waals surface area contributed by atoms with Gasteiger partial charge in [0.1, 0.15) is 0 Å². The van der Waals surface area contributed by atoms with Crippen molar-refractivity contribution in [1.82, 2.24) is 10.3 Å². The molecule has 0 fully saturated rings. The van der Waals surface area contributed by atoms with Crippen LogP contribution in [0.15, 0.2) is 90.3 Å². The van der Waals surface area contributed by atoms with Gasteiger partial charge in [-0.05, 0) is 30.0 Å². The minimum absolute atomic E-state index is 0.0296. The molecule has 0 atom stereocenters. The van der Waals surface area contributed by atoms with Gasteiger partial charge < -0.3 is 5.32 Å². The molecule has 0 unspecified atom stereocenters. The van der Waals surface area contributed by atoms with Crippen LogP contribution in [0.5, 0.6) is 0 Å². The number of hydrogen-bond donors (Lipinski definition) is 1. The van der Waals surface area contributed by atoms with Crippen LogP contribution < -0.4 is 5.32 Å². The van der Waals surface area contributed by atoms with Gasteiger partial charge in [-0.2, -0.15) is 0 Å². The lowest BCUT2D eigenvalue weighted by molar-refractivity contribution is -0.121. The summed E-state index contributed by atoms with van der Waals surface area (Å²) in [6.07, 6.45) is 0.790. The number of benzene rings is 3. The average Bonchev–Trinajstić information content (AvgIpc) is 3.22. The highest BCUT2D eigenvalue weighted by atomic mass is 32.1. The van der Waals surface area contributed by atoms with Gasteiger partial charge in [-0.15, -0.1) is 11.3 Å². The maximum Gasteiger partial charge on any atom is 0.232 e. The van der Waals surface area contributed by atoms with Crippen molar-refractivity contribution < 1.29 is 4.79 Å². The summed E-state index contributed by atoms with van der Waals surface area (Å²) in [4.78, 5) is 17.6. The van der Waals surface area contributed by atoms with E-state index in [0.717, 1.165) is 33.8 Å². The molecule has 1 heterocycles. The van der Waals surface area contributed by atoms with Crippen LogP contribution in [0.25, 0.3) is 11.3 Å². The van der Waals surface area contributed by atoms with Crippen LogP contribution in [0.1, 0.15) is 27.6 Å². The number of rotatable bonds is 7. The Morgan fingerprint density at radius 1 is 0.900 bits per heavy atom. The molecule has 4 aromatic rings. The van der Waals surface area contributed by atoms with E-state index in [1.807, 2.05) is 67.6 Å². The summed E-state index contributed by atoms with van der Waals surface area (Å²) in [5.41, 5.74) is 5.35. The zero-order chi connectivity index (χ0) is 20.8. The number of carbonyl (C=O) groups excluding carboxylic acids is 1. The van der Waals surface area contributed by atoms with Crippen molar-refractivity contribution in [2.75, 3.05) is 6.54 Å². The molecule has 1 amide bonds. The second-order valence-electron chi connectivity index (χ2n) is 7.24. The van der Waals surface area contributed by atoms with E-state index in [2.05, 4.69) is 39.9 Å². The average molecular weight is 413 g/mol. The lowest BCUT2D eigenvalue weighted by Crippen LogP contribution is -2.31. The quantitative estimate of drug-likeness (QED) is 0.429. The Balaban J connectivity index is 1.40. The van der Waals surface area contributed by atoms with Crippen molar-refractivity contribution >= 4 is 17.2 Å². The van der Waals surface area contributed by atoms with Crippen LogP contribution in [-0.4, -0.2) is 17.4 Å². The molecule has 0 aliphatic heterocycles. The summed E-state index contributed by atoms with van der Waals surface area (Å²) < 4.78 is 0. The standard InChI is InChI=1S/C26H24N2OS/c1-19-28-24(18-30-19)21-14-12-20(13-15-21)16-17-27-26(29)25(22-8-4-2-5-9-22)23-10-6-3-7-11-23/h2-15,18,25H,16-17H2,1H3,(H,27,29). The summed E-state index contributed by atoms with van der Waals surface area (Å²) in [5, 5.41) is 6.28. The van der Waals surface area contributed by atoms with Gasteiger partial charge in [0.15, 0.2) is 0 Å². The Bertz CT molecular complexity index is 1050. The largest absolute Gasteiger partial charge is 0.355 e. The molecular weight excluding hydrogens is 388 g/mol. The van der Waals surface area contributed by atoms with Crippen molar-refractivity contribution in [3.63, 3.8) is 0 Å². The first kappa shape index (κ1) is 20.0. The molecule has 0 bridgehead atoms. The molecule has 1 aromatic heterocycles. The van der Waals surface area contributed by atoms with Gasteiger partial charge in [0.05, 0.1) is 16.6 Å². The third kappa shape index (κ3) is 4.84. The maximum absolute atomic E-state index is 13.1. The minimum Gasteiger partial charge on any atom is -0.355 e. The second kappa shape index (κ2) is 9.51. The van der Waals surface area contributed by atoms with Crippen molar-refractivity contribution in [2.45, 2.75) is 19.3 Å². The third-order valence-corrected chi connectivity index (χ3v) is 5.88. The van der Waals surface area contributed by atoms with Gasteiger partial charge in [0, 0.05) is 17.5 Å². The SMILES string of the molecule is Cc1nc(-c2ccc(CCNC(=O)C(c3ccccc3)c3ccccc3)cc2)cs1. The number of nitrogens with zero attached hydrogens (tertiary/aromatic N) is 1. The smallest absolute Gasteiger partial charge is 0.232 e. The highest BCUT2D eigenvalue weighted by Gasteiger charge is 2.21. The number of carbonyl (C=O) groups is 1. The molecule has 30 heavy (non-hydrogen) atoms. The minimum atomic E-state index is -0.303. The number of thiazole rings is 1. The molecular formula is C26H24N2OS. The van der Waals surface area contributed by atoms with Crippen LogP contribution in [0, 0.1) is 6.92 Å². The third-order valence-electron chi connectivity index (χ3n) is 5.11. The van der Waals surface area contributed by atoms with Crippen molar-refractivity contribution in [3.8, 4) is 11.3 Å².